The van der Waals surface area contributed by atoms with Crippen molar-refractivity contribution < 1.29 is 9.53 Å². The number of methoxy groups -OCH3 is 1. The molecule has 5 rings (SSSR count). The Labute approximate surface area is 203 Å². The highest BCUT2D eigenvalue weighted by Gasteiger charge is 2.27. The van der Waals surface area contributed by atoms with Crippen molar-refractivity contribution in [1.82, 2.24) is 14.6 Å². The predicted octanol–water partition coefficient (Wildman–Crippen LogP) is 5.22. The van der Waals surface area contributed by atoms with Crippen molar-refractivity contribution in [3.05, 3.63) is 71.4 Å². The molecule has 1 aliphatic heterocycles. The lowest BCUT2D eigenvalue weighted by Gasteiger charge is -2.33. The Bertz CT molecular complexity index is 1330. The number of nitrogens with one attached hydrogen (secondary N) is 1. The van der Waals surface area contributed by atoms with Crippen LogP contribution in [0.25, 0.3) is 16.9 Å². The molecule has 0 radical (unpaired) electrons. The molecule has 34 heavy (non-hydrogen) atoms. The summed E-state index contributed by atoms with van der Waals surface area (Å²) in [7, 11) is 1.66. The van der Waals surface area contributed by atoms with Crippen LogP contribution >= 0.6 is 11.6 Å². The number of amides is 1. The van der Waals surface area contributed by atoms with E-state index in [1.54, 1.807) is 13.2 Å². The molecule has 7 nitrogen and oxygen atoms in total. The molecular weight excluding hydrogens is 450 g/mol. The molecule has 3 heterocycles. The van der Waals surface area contributed by atoms with Gasteiger partial charge in [-0.05, 0) is 56.2 Å². The zero-order valence-electron chi connectivity index (χ0n) is 19.2. The third-order valence-electron chi connectivity index (χ3n) is 6.24. The largest absolute Gasteiger partial charge is 0.497 e. The van der Waals surface area contributed by atoms with Crippen molar-refractivity contribution in [2.24, 2.45) is 5.92 Å². The fraction of sp³-hybridized carbons (Fsp3) is 0.269. The van der Waals surface area contributed by atoms with Gasteiger partial charge in [0.15, 0.2) is 5.65 Å². The van der Waals surface area contributed by atoms with E-state index in [0.717, 1.165) is 60.1 Å². The number of nitrogens with zero attached hydrogens (tertiary/aromatic N) is 4. The van der Waals surface area contributed by atoms with Gasteiger partial charge in [-0.25, -0.2) is 4.98 Å². The van der Waals surface area contributed by atoms with Crippen LogP contribution < -0.4 is 15.0 Å². The number of halogens is 1. The number of ether oxygens (including phenoxy) is 1. The standard InChI is InChI=1S/C26H26ClN5O2/c1-17-15-25(32-24(28-17)16-23(30-32)18-7-9-20(34-2)10-8-18)31-13-11-19(12-14-31)26(33)29-22-6-4-3-5-21(22)27/h3-10,15-16,19H,11-14H2,1-2H3,(H,29,33). The van der Waals surface area contributed by atoms with Crippen molar-refractivity contribution in [2.75, 3.05) is 30.4 Å². The Morgan fingerprint density at radius 2 is 1.82 bits per heavy atom. The molecule has 2 aromatic heterocycles. The smallest absolute Gasteiger partial charge is 0.227 e. The van der Waals surface area contributed by atoms with Crippen molar-refractivity contribution in [3.8, 4) is 17.0 Å². The second-order valence-electron chi connectivity index (χ2n) is 8.51. The first-order chi connectivity index (χ1) is 16.5. The van der Waals surface area contributed by atoms with Crippen LogP contribution in [0.2, 0.25) is 5.02 Å². The summed E-state index contributed by atoms with van der Waals surface area (Å²) in [4.78, 5) is 19.8. The number of hydrogen-bond donors (Lipinski definition) is 1. The Hall–Kier alpha value is -3.58. The molecule has 1 fully saturated rings. The van der Waals surface area contributed by atoms with E-state index in [4.69, 9.17) is 21.4 Å². The molecule has 0 unspecified atom stereocenters. The first-order valence-electron chi connectivity index (χ1n) is 11.3. The van der Waals surface area contributed by atoms with Gasteiger partial charge in [0.05, 0.1) is 23.5 Å². The number of fused-ring (bicyclic) bond motifs is 1. The van der Waals surface area contributed by atoms with Crippen LogP contribution in [0.3, 0.4) is 0 Å². The fourth-order valence-corrected chi connectivity index (χ4v) is 4.56. The monoisotopic (exact) mass is 475 g/mol. The molecule has 0 bridgehead atoms. The Balaban J connectivity index is 1.34. The average Bonchev–Trinajstić information content (AvgIpc) is 3.29. The van der Waals surface area contributed by atoms with Crippen LogP contribution in [0, 0.1) is 12.8 Å². The summed E-state index contributed by atoms with van der Waals surface area (Å²) in [5.41, 5.74) is 4.26. The fourth-order valence-electron chi connectivity index (χ4n) is 4.38. The summed E-state index contributed by atoms with van der Waals surface area (Å²) in [5.74, 6) is 1.76. The number of carbonyl (C=O) groups excluding carboxylic acids is 1. The lowest BCUT2D eigenvalue weighted by molar-refractivity contribution is -0.120. The molecule has 0 saturated carbocycles. The summed E-state index contributed by atoms with van der Waals surface area (Å²) >= 11 is 6.20. The molecule has 1 N–H and O–H groups in total. The van der Waals surface area contributed by atoms with Gasteiger partial charge in [0.1, 0.15) is 11.6 Å². The maximum atomic E-state index is 12.8. The minimum absolute atomic E-state index is 0.0182. The van der Waals surface area contributed by atoms with Crippen LogP contribution in [0.15, 0.2) is 60.7 Å². The second kappa shape index (κ2) is 9.35. The highest BCUT2D eigenvalue weighted by Crippen LogP contribution is 2.29. The molecule has 1 aliphatic rings. The van der Waals surface area contributed by atoms with Gasteiger partial charge in [-0.1, -0.05) is 23.7 Å². The van der Waals surface area contributed by atoms with Crippen LogP contribution in [-0.2, 0) is 4.79 Å². The van der Waals surface area contributed by atoms with E-state index in [1.165, 1.54) is 0 Å². The topological polar surface area (TPSA) is 71.8 Å². The first-order valence-corrected chi connectivity index (χ1v) is 11.7. The normalized spacial score (nSPS) is 14.4. The third-order valence-corrected chi connectivity index (χ3v) is 6.57. The molecule has 0 spiro atoms. The number of benzene rings is 2. The van der Waals surface area contributed by atoms with E-state index < -0.39 is 0 Å². The van der Waals surface area contributed by atoms with Gasteiger partial charge < -0.3 is 15.0 Å². The molecular formula is C26H26ClN5O2. The highest BCUT2D eigenvalue weighted by molar-refractivity contribution is 6.33. The number of aryl methyl sites for hydroxylation is 1. The van der Waals surface area contributed by atoms with Gasteiger partial charge in [0.25, 0.3) is 0 Å². The number of anilines is 2. The predicted molar refractivity (Wildman–Crippen MR) is 135 cm³/mol. The third kappa shape index (κ3) is 4.43. The van der Waals surface area contributed by atoms with Gasteiger partial charge >= 0.3 is 0 Å². The lowest BCUT2D eigenvalue weighted by Crippen LogP contribution is -2.39. The van der Waals surface area contributed by atoms with Crippen molar-refractivity contribution in [2.45, 2.75) is 19.8 Å². The van der Waals surface area contributed by atoms with E-state index in [-0.39, 0.29) is 11.8 Å². The SMILES string of the molecule is COc1ccc(-c2cc3nc(C)cc(N4CCC(C(=O)Nc5ccccc5Cl)CC4)n3n2)cc1. The number of piperidine rings is 1. The molecule has 8 heteroatoms. The molecule has 174 valence electrons. The number of rotatable bonds is 5. The van der Waals surface area contributed by atoms with Gasteiger partial charge in [-0.15, -0.1) is 0 Å². The summed E-state index contributed by atoms with van der Waals surface area (Å²) in [6, 6.07) is 19.2. The molecule has 4 aromatic rings. The van der Waals surface area contributed by atoms with E-state index in [1.807, 2.05) is 60.0 Å². The summed E-state index contributed by atoms with van der Waals surface area (Å²) in [5, 5.41) is 8.38. The zero-order chi connectivity index (χ0) is 23.7. The van der Waals surface area contributed by atoms with E-state index in [9.17, 15) is 4.79 Å². The summed E-state index contributed by atoms with van der Waals surface area (Å²) < 4.78 is 7.16. The minimum Gasteiger partial charge on any atom is -0.497 e. The van der Waals surface area contributed by atoms with Crippen LogP contribution in [0.5, 0.6) is 5.75 Å². The van der Waals surface area contributed by atoms with Crippen LogP contribution in [0.4, 0.5) is 11.5 Å². The molecule has 0 atom stereocenters. The number of hydrogen-bond acceptors (Lipinski definition) is 5. The van der Waals surface area contributed by atoms with Gasteiger partial charge in [0, 0.05) is 42.4 Å². The molecule has 1 amide bonds. The van der Waals surface area contributed by atoms with E-state index in [2.05, 4.69) is 21.3 Å². The zero-order valence-corrected chi connectivity index (χ0v) is 19.9. The molecule has 0 aliphatic carbocycles. The maximum absolute atomic E-state index is 12.8. The Morgan fingerprint density at radius 1 is 1.09 bits per heavy atom. The van der Waals surface area contributed by atoms with E-state index in [0.29, 0.717) is 10.7 Å². The van der Waals surface area contributed by atoms with Crippen LogP contribution in [0.1, 0.15) is 18.5 Å². The number of aromatic nitrogens is 3. The van der Waals surface area contributed by atoms with Crippen molar-refractivity contribution in [3.63, 3.8) is 0 Å². The summed E-state index contributed by atoms with van der Waals surface area (Å²) in [6.45, 7) is 3.52. The van der Waals surface area contributed by atoms with Gasteiger partial charge in [-0.3, -0.25) is 4.79 Å². The quantitative estimate of drug-likeness (QED) is 0.428. The first kappa shape index (κ1) is 22.2. The number of para-hydroxylation sites is 1. The van der Waals surface area contributed by atoms with Crippen molar-refractivity contribution in [1.29, 1.82) is 0 Å². The molecule has 1 saturated heterocycles. The van der Waals surface area contributed by atoms with E-state index >= 15 is 0 Å². The second-order valence-corrected chi connectivity index (χ2v) is 8.92. The highest BCUT2D eigenvalue weighted by atomic mass is 35.5. The van der Waals surface area contributed by atoms with Gasteiger partial charge in [0.2, 0.25) is 5.91 Å². The molecule has 2 aromatic carbocycles. The Morgan fingerprint density at radius 3 is 2.53 bits per heavy atom. The van der Waals surface area contributed by atoms with Gasteiger partial charge in [-0.2, -0.15) is 9.61 Å². The maximum Gasteiger partial charge on any atom is 0.227 e. The average molecular weight is 476 g/mol. The lowest BCUT2D eigenvalue weighted by atomic mass is 9.95. The minimum atomic E-state index is -0.0570. The number of carbonyl (C=O) groups is 1. The Kier molecular flexibility index (Phi) is 6.11. The van der Waals surface area contributed by atoms with Crippen LogP contribution in [-0.4, -0.2) is 40.7 Å². The van der Waals surface area contributed by atoms with Crippen molar-refractivity contribution >= 4 is 34.7 Å². The summed E-state index contributed by atoms with van der Waals surface area (Å²) in [6.07, 6.45) is 1.51.